The Labute approximate surface area is 231 Å². The van der Waals surface area contributed by atoms with Crippen molar-refractivity contribution in [2.45, 2.75) is 20.0 Å². The first-order valence-corrected chi connectivity index (χ1v) is 13.2. The van der Waals surface area contributed by atoms with Gasteiger partial charge in [0, 0.05) is 5.56 Å². The third-order valence-electron chi connectivity index (χ3n) is 5.53. The molecule has 0 atom stereocenters. The number of amides is 1. The molecule has 1 saturated heterocycles. The summed E-state index contributed by atoms with van der Waals surface area (Å²) in [5.74, 6) is 1.59. The predicted molar refractivity (Wildman–Crippen MR) is 156 cm³/mol. The number of carbonyl (C=O) groups is 1. The van der Waals surface area contributed by atoms with Crippen LogP contribution in [-0.2, 0) is 17.8 Å². The number of halogens is 1. The van der Waals surface area contributed by atoms with Gasteiger partial charge in [0.15, 0.2) is 15.8 Å². The fourth-order valence-corrected chi connectivity index (χ4v) is 5.42. The van der Waals surface area contributed by atoms with E-state index in [0.29, 0.717) is 56.8 Å². The smallest absolute Gasteiger partial charge is 0.270 e. The van der Waals surface area contributed by atoms with Crippen molar-refractivity contribution in [3.63, 3.8) is 0 Å². The number of carbonyl (C=O) groups excluding carboxylic acids is 1. The van der Waals surface area contributed by atoms with E-state index in [1.54, 1.807) is 25.3 Å². The average molecular weight is 552 g/mol. The quantitative estimate of drug-likeness (QED) is 0.148. The molecule has 3 aromatic carbocycles. The van der Waals surface area contributed by atoms with E-state index in [1.165, 1.54) is 16.7 Å². The molecule has 1 aliphatic heterocycles. The number of ether oxygens (including phenoxy) is 3. The van der Waals surface area contributed by atoms with Gasteiger partial charge >= 0.3 is 0 Å². The van der Waals surface area contributed by atoms with Crippen LogP contribution in [0.3, 0.4) is 0 Å². The van der Waals surface area contributed by atoms with Crippen LogP contribution in [0.2, 0.25) is 5.02 Å². The lowest BCUT2D eigenvalue weighted by Gasteiger charge is -2.17. The number of thiocarbonyl (C=S) groups is 1. The van der Waals surface area contributed by atoms with Gasteiger partial charge in [0.05, 0.1) is 29.3 Å². The Morgan fingerprint density at radius 1 is 1.08 bits per heavy atom. The summed E-state index contributed by atoms with van der Waals surface area (Å²) < 4.78 is 17.8. The third kappa shape index (κ3) is 6.18. The Hall–Kier alpha value is -3.26. The zero-order chi connectivity index (χ0) is 26.4. The number of methoxy groups -OCH3 is 1. The molecule has 0 aliphatic carbocycles. The van der Waals surface area contributed by atoms with Crippen molar-refractivity contribution in [2.24, 2.45) is 0 Å². The maximum absolute atomic E-state index is 13.3. The van der Waals surface area contributed by atoms with Crippen molar-refractivity contribution < 1.29 is 19.0 Å². The minimum Gasteiger partial charge on any atom is -0.495 e. The van der Waals surface area contributed by atoms with Gasteiger partial charge in [-0.15, -0.1) is 6.58 Å². The molecule has 0 N–H and O–H groups in total. The molecular formula is C29H26ClNO4S2. The van der Waals surface area contributed by atoms with Crippen molar-refractivity contribution in [3.8, 4) is 17.2 Å². The molecule has 0 unspecified atom stereocenters. The monoisotopic (exact) mass is 551 g/mol. The highest BCUT2D eigenvalue weighted by Crippen LogP contribution is 2.40. The van der Waals surface area contributed by atoms with Gasteiger partial charge in [0.2, 0.25) is 0 Å². The second kappa shape index (κ2) is 12.3. The molecule has 0 bridgehead atoms. The maximum atomic E-state index is 13.3. The minimum atomic E-state index is -0.219. The molecule has 4 rings (SSSR count). The van der Waals surface area contributed by atoms with Gasteiger partial charge in [0.1, 0.15) is 12.4 Å². The molecule has 3 aromatic rings. The number of allylic oxidation sites excluding steroid dienone is 1. The first kappa shape index (κ1) is 26.8. The summed E-state index contributed by atoms with van der Waals surface area (Å²) in [4.78, 5) is 15.3. The first-order valence-electron chi connectivity index (χ1n) is 11.6. The summed E-state index contributed by atoms with van der Waals surface area (Å²) in [6, 6.07) is 19.0. The maximum Gasteiger partial charge on any atom is 0.270 e. The summed E-state index contributed by atoms with van der Waals surface area (Å²) in [5, 5.41) is 0.402. The van der Waals surface area contributed by atoms with Crippen molar-refractivity contribution in [1.82, 2.24) is 0 Å². The molecule has 37 heavy (non-hydrogen) atoms. The molecule has 5 nitrogen and oxygen atoms in total. The Bertz CT molecular complexity index is 1360. The molecule has 1 amide bonds. The molecule has 0 aromatic heterocycles. The van der Waals surface area contributed by atoms with Gasteiger partial charge in [-0.1, -0.05) is 72.0 Å². The number of rotatable bonds is 10. The molecule has 1 aliphatic rings. The lowest BCUT2D eigenvalue weighted by molar-refractivity contribution is -0.113. The largest absolute Gasteiger partial charge is 0.495 e. The van der Waals surface area contributed by atoms with Crippen LogP contribution < -0.4 is 19.1 Å². The van der Waals surface area contributed by atoms with E-state index in [-0.39, 0.29) is 5.91 Å². The van der Waals surface area contributed by atoms with Gasteiger partial charge < -0.3 is 14.2 Å². The summed E-state index contributed by atoms with van der Waals surface area (Å²) in [5.41, 5.74) is 3.37. The van der Waals surface area contributed by atoms with Crippen LogP contribution in [0.25, 0.3) is 6.08 Å². The Morgan fingerprint density at radius 3 is 2.54 bits per heavy atom. The highest BCUT2D eigenvalue weighted by molar-refractivity contribution is 8.27. The number of hydrogen-bond acceptors (Lipinski definition) is 6. The third-order valence-corrected chi connectivity index (χ3v) is 7.13. The normalized spacial score (nSPS) is 14.2. The second-order valence-electron chi connectivity index (χ2n) is 8.04. The van der Waals surface area contributed by atoms with E-state index in [2.05, 4.69) is 6.58 Å². The summed E-state index contributed by atoms with van der Waals surface area (Å²) in [7, 11) is 1.54. The summed E-state index contributed by atoms with van der Waals surface area (Å²) >= 11 is 13.1. The van der Waals surface area contributed by atoms with Gasteiger partial charge in [-0.05, 0) is 60.9 Å². The Morgan fingerprint density at radius 2 is 1.86 bits per heavy atom. The van der Waals surface area contributed by atoms with E-state index < -0.39 is 0 Å². The van der Waals surface area contributed by atoms with Gasteiger partial charge in [-0.3, -0.25) is 9.69 Å². The molecule has 1 fully saturated rings. The molecule has 0 spiro atoms. The van der Waals surface area contributed by atoms with Crippen molar-refractivity contribution in [3.05, 3.63) is 99.9 Å². The van der Waals surface area contributed by atoms with E-state index in [1.807, 2.05) is 61.5 Å². The number of thioether (sulfide) groups is 1. The second-order valence-corrected chi connectivity index (χ2v) is 10.1. The highest BCUT2D eigenvalue weighted by Gasteiger charge is 2.33. The topological polar surface area (TPSA) is 48.0 Å². The zero-order valence-corrected chi connectivity index (χ0v) is 22.9. The van der Waals surface area contributed by atoms with E-state index in [9.17, 15) is 4.79 Å². The van der Waals surface area contributed by atoms with Crippen LogP contribution in [-0.4, -0.2) is 23.9 Å². The van der Waals surface area contributed by atoms with Gasteiger partial charge in [-0.2, -0.15) is 0 Å². The average Bonchev–Trinajstić information content (AvgIpc) is 3.16. The highest BCUT2D eigenvalue weighted by atomic mass is 35.5. The lowest BCUT2D eigenvalue weighted by atomic mass is 10.0. The van der Waals surface area contributed by atoms with Crippen molar-refractivity contribution >= 4 is 57.6 Å². The number of nitrogens with zero attached hydrogens (tertiary/aromatic N) is 1. The van der Waals surface area contributed by atoms with Crippen LogP contribution in [0.4, 0.5) is 5.69 Å². The standard InChI is InChI=1S/C29H26ClNO4S2/c1-4-9-21-14-20(15-25(34-5-2)27(21)35-18-19-10-7-6-8-11-19)16-26-28(32)31(29(36)37-26)22-12-13-24(33-3)23(30)17-22/h4,6-8,10-17H,1,5,9,18H2,2-3H3/b26-16-. The molecule has 190 valence electrons. The Balaban J connectivity index is 1.66. The SMILES string of the molecule is C=CCc1cc(/C=C2\SC(=S)N(c3ccc(OC)c(Cl)c3)C2=O)cc(OCC)c1OCc1ccccc1. The van der Waals surface area contributed by atoms with Crippen molar-refractivity contribution in [2.75, 3.05) is 18.6 Å². The van der Waals surface area contributed by atoms with Crippen LogP contribution in [0.5, 0.6) is 17.2 Å². The first-order chi connectivity index (χ1) is 17.9. The van der Waals surface area contributed by atoms with E-state index in [4.69, 9.17) is 38.0 Å². The molecule has 0 radical (unpaired) electrons. The van der Waals surface area contributed by atoms with Crippen LogP contribution in [0.1, 0.15) is 23.6 Å². The van der Waals surface area contributed by atoms with Crippen LogP contribution in [0, 0.1) is 0 Å². The molecule has 0 saturated carbocycles. The molecular weight excluding hydrogens is 526 g/mol. The number of benzene rings is 3. The van der Waals surface area contributed by atoms with Crippen LogP contribution in [0.15, 0.2) is 78.2 Å². The Kier molecular flexibility index (Phi) is 8.92. The molecule has 1 heterocycles. The van der Waals surface area contributed by atoms with E-state index in [0.717, 1.165) is 16.7 Å². The number of anilines is 1. The number of hydrogen-bond donors (Lipinski definition) is 0. The van der Waals surface area contributed by atoms with Gasteiger partial charge in [-0.25, -0.2) is 0 Å². The fraction of sp³-hybridized carbons (Fsp3) is 0.172. The van der Waals surface area contributed by atoms with Crippen molar-refractivity contribution in [1.29, 1.82) is 0 Å². The van der Waals surface area contributed by atoms with Gasteiger partial charge in [0.25, 0.3) is 5.91 Å². The minimum absolute atomic E-state index is 0.219. The zero-order valence-electron chi connectivity index (χ0n) is 20.5. The predicted octanol–water partition coefficient (Wildman–Crippen LogP) is 7.46. The summed E-state index contributed by atoms with van der Waals surface area (Å²) in [6.07, 6.45) is 4.22. The van der Waals surface area contributed by atoms with Crippen LogP contribution >= 0.6 is 35.6 Å². The lowest BCUT2D eigenvalue weighted by Crippen LogP contribution is -2.27. The fourth-order valence-electron chi connectivity index (χ4n) is 3.87. The molecule has 8 heteroatoms. The van der Waals surface area contributed by atoms with E-state index >= 15 is 0 Å². The summed E-state index contributed by atoms with van der Waals surface area (Å²) in [6.45, 7) is 6.70.